The molecule has 1 fully saturated rings. The molecule has 0 radical (unpaired) electrons. The van der Waals surface area contributed by atoms with Gasteiger partial charge in [-0.3, -0.25) is 9.80 Å². The molecule has 0 bridgehead atoms. The average Bonchev–Trinajstić information content (AvgIpc) is 3.02. The molecule has 1 saturated heterocycles. The minimum atomic E-state index is 0.580. The van der Waals surface area contributed by atoms with Crippen LogP contribution in [-0.2, 0) is 13.1 Å². The summed E-state index contributed by atoms with van der Waals surface area (Å²) in [5.41, 5.74) is 1.21. The van der Waals surface area contributed by atoms with Gasteiger partial charge in [0, 0.05) is 31.4 Å². The molecule has 3 heterocycles. The summed E-state index contributed by atoms with van der Waals surface area (Å²) < 4.78 is 5.06. The number of aryl methyl sites for hydroxylation is 2. The molecule has 6 nitrogen and oxygen atoms in total. The highest BCUT2D eigenvalue weighted by atomic mass is 32.1. The van der Waals surface area contributed by atoms with E-state index in [4.69, 9.17) is 4.52 Å². The van der Waals surface area contributed by atoms with Crippen molar-refractivity contribution in [3.8, 4) is 0 Å². The molecule has 1 atom stereocenters. The SMILES string of the molecule is Cc1nc(CN(C)[C@H]2CCCN(Cc3csc(C)n3)CC2)no1. The summed E-state index contributed by atoms with van der Waals surface area (Å²) in [7, 11) is 2.16. The van der Waals surface area contributed by atoms with Gasteiger partial charge < -0.3 is 4.52 Å². The van der Waals surface area contributed by atoms with Crippen LogP contribution in [0.4, 0.5) is 0 Å². The predicted octanol–water partition coefficient (Wildman–Crippen LogP) is 2.63. The van der Waals surface area contributed by atoms with Crippen LogP contribution >= 0.6 is 11.3 Å². The summed E-state index contributed by atoms with van der Waals surface area (Å²) in [4.78, 5) is 13.8. The Morgan fingerprint density at radius 3 is 2.87 bits per heavy atom. The third kappa shape index (κ3) is 4.59. The zero-order chi connectivity index (χ0) is 16.2. The zero-order valence-electron chi connectivity index (χ0n) is 14.2. The molecule has 3 rings (SSSR count). The molecule has 0 unspecified atom stereocenters. The van der Waals surface area contributed by atoms with Crippen molar-refractivity contribution in [1.82, 2.24) is 24.9 Å². The Morgan fingerprint density at radius 1 is 1.30 bits per heavy atom. The zero-order valence-corrected chi connectivity index (χ0v) is 15.0. The second kappa shape index (κ2) is 7.51. The molecule has 0 N–H and O–H groups in total. The molecule has 0 aromatic carbocycles. The van der Waals surface area contributed by atoms with Crippen LogP contribution in [0.1, 0.15) is 41.7 Å². The molecule has 23 heavy (non-hydrogen) atoms. The van der Waals surface area contributed by atoms with E-state index in [1.165, 1.54) is 25.0 Å². The van der Waals surface area contributed by atoms with E-state index in [1.807, 2.05) is 6.92 Å². The minimum Gasteiger partial charge on any atom is -0.340 e. The Balaban J connectivity index is 1.51. The monoisotopic (exact) mass is 335 g/mol. The van der Waals surface area contributed by atoms with Gasteiger partial charge in [-0.05, 0) is 39.8 Å². The van der Waals surface area contributed by atoms with E-state index in [9.17, 15) is 0 Å². The van der Waals surface area contributed by atoms with Crippen molar-refractivity contribution in [3.05, 3.63) is 27.8 Å². The maximum atomic E-state index is 5.06. The van der Waals surface area contributed by atoms with E-state index >= 15 is 0 Å². The highest BCUT2D eigenvalue weighted by Crippen LogP contribution is 2.19. The van der Waals surface area contributed by atoms with Gasteiger partial charge >= 0.3 is 0 Å². The highest BCUT2D eigenvalue weighted by Gasteiger charge is 2.22. The van der Waals surface area contributed by atoms with E-state index in [-0.39, 0.29) is 0 Å². The molecule has 0 spiro atoms. The fourth-order valence-corrected chi connectivity index (χ4v) is 3.81. The highest BCUT2D eigenvalue weighted by molar-refractivity contribution is 7.09. The quantitative estimate of drug-likeness (QED) is 0.837. The molecular weight excluding hydrogens is 310 g/mol. The van der Waals surface area contributed by atoms with Crippen molar-refractivity contribution in [2.24, 2.45) is 0 Å². The standard InChI is InChI=1S/C16H25N5OS/c1-12-17-16(19-22-12)10-20(3)15-5-4-7-21(8-6-15)9-14-11-23-13(2)18-14/h11,15H,4-10H2,1-3H3/t15-/m0/s1. The first-order chi connectivity index (χ1) is 11.1. The maximum Gasteiger partial charge on any atom is 0.223 e. The summed E-state index contributed by atoms with van der Waals surface area (Å²) in [6.45, 7) is 7.92. The molecule has 1 aliphatic rings. The van der Waals surface area contributed by atoms with E-state index in [0.717, 1.165) is 37.0 Å². The first-order valence-corrected chi connectivity index (χ1v) is 9.11. The van der Waals surface area contributed by atoms with Crippen LogP contribution in [0, 0.1) is 13.8 Å². The van der Waals surface area contributed by atoms with Gasteiger partial charge in [0.2, 0.25) is 5.89 Å². The molecule has 1 aliphatic heterocycles. The van der Waals surface area contributed by atoms with Crippen molar-refractivity contribution >= 4 is 11.3 Å². The van der Waals surface area contributed by atoms with Crippen LogP contribution in [0.15, 0.2) is 9.90 Å². The Bertz CT molecular complexity index is 626. The number of likely N-dealkylation sites (tertiary alicyclic amines) is 1. The molecule has 7 heteroatoms. The van der Waals surface area contributed by atoms with Gasteiger partial charge in [-0.2, -0.15) is 4.98 Å². The van der Waals surface area contributed by atoms with Crippen molar-refractivity contribution in [1.29, 1.82) is 0 Å². The van der Waals surface area contributed by atoms with Crippen LogP contribution in [0.5, 0.6) is 0 Å². The fraction of sp³-hybridized carbons (Fsp3) is 0.688. The Morgan fingerprint density at radius 2 is 2.17 bits per heavy atom. The van der Waals surface area contributed by atoms with Crippen molar-refractivity contribution in [3.63, 3.8) is 0 Å². The van der Waals surface area contributed by atoms with Gasteiger partial charge in [-0.15, -0.1) is 11.3 Å². The van der Waals surface area contributed by atoms with Gasteiger partial charge in [0.05, 0.1) is 17.2 Å². The molecular formula is C16H25N5OS. The van der Waals surface area contributed by atoms with Crippen molar-refractivity contribution < 1.29 is 4.52 Å². The number of rotatable bonds is 5. The summed E-state index contributed by atoms with van der Waals surface area (Å²) >= 11 is 1.74. The second-order valence-electron chi connectivity index (χ2n) is 6.36. The Kier molecular flexibility index (Phi) is 5.40. The Labute approximate surface area is 141 Å². The summed E-state index contributed by atoms with van der Waals surface area (Å²) in [6, 6.07) is 0.580. The van der Waals surface area contributed by atoms with Gasteiger partial charge in [0.25, 0.3) is 0 Å². The number of hydrogen-bond acceptors (Lipinski definition) is 7. The predicted molar refractivity (Wildman–Crippen MR) is 90.3 cm³/mol. The van der Waals surface area contributed by atoms with Crippen LogP contribution < -0.4 is 0 Å². The number of nitrogens with zero attached hydrogens (tertiary/aromatic N) is 5. The van der Waals surface area contributed by atoms with E-state index in [0.29, 0.717) is 11.9 Å². The normalized spacial score (nSPS) is 20.1. The third-order valence-corrected chi connectivity index (χ3v) is 5.25. The lowest BCUT2D eigenvalue weighted by Gasteiger charge is -2.26. The lowest BCUT2D eigenvalue weighted by molar-refractivity contribution is 0.200. The number of aromatic nitrogens is 3. The lowest BCUT2D eigenvalue weighted by atomic mass is 10.1. The van der Waals surface area contributed by atoms with Crippen molar-refractivity contribution in [2.45, 2.75) is 52.2 Å². The second-order valence-corrected chi connectivity index (χ2v) is 7.43. The van der Waals surface area contributed by atoms with Gasteiger partial charge in [-0.1, -0.05) is 5.16 Å². The Hall–Kier alpha value is -1.31. The van der Waals surface area contributed by atoms with Crippen LogP contribution in [0.2, 0.25) is 0 Å². The first-order valence-electron chi connectivity index (χ1n) is 8.23. The van der Waals surface area contributed by atoms with E-state index in [1.54, 1.807) is 11.3 Å². The summed E-state index contributed by atoms with van der Waals surface area (Å²) in [5.74, 6) is 1.42. The van der Waals surface area contributed by atoms with Crippen molar-refractivity contribution in [2.75, 3.05) is 20.1 Å². The van der Waals surface area contributed by atoms with Gasteiger partial charge in [0.15, 0.2) is 5.82 Å². The first kappa shape index (κ1) is 16.5. The van der Waals surface area contributed by atoms with Crippen LogP contribution in [0.25, 0.3) is 0 Å². The molecule has 126 valence electrons. The largest absolute Gasteiger partial charge is 0.340 e. The number of hydrogen-bond donors (Lipinski definition) is 0. The smallest absolute Gasteiger partial charge is 0.223 e. The van der Waals surface area contributed by atoms with Gasteiger partial charge in [0.1, 0.15) is 0 Å². The molecule has 2 aromatic rings. The lowest BCUT2D eigenvalue weighted by Crippen LogP contribution is -2.33. The summed E-state index contributed by atoms with van der Waals surface area (Å²) in [5, 5.41) is 7.34. The maximum absolute atomic E-state index is 5.06. The third-order valence-electron chi connectivity index (χ3n) is 4.43. The molecule has 0 saturated carbocycles. The topological polar surface area (TPSA) is 58.3 Å². The van der Waals surface area contributed by atoms with E-state index < -0.39 is 0 Å². The molecule has 2 aromatic heterocycles. The minimum absolute atomic E-state index is 0.580. The van der Waals surface area contributed by atoms with Crippen LogP contribution in [0.3, 0.4) is 0 Å². The van der Waals surface area contributed by atoms with E-state index in [2.05, 4.69) is 44.3 Å². The fourth-order valence-electron chi connectivity index (χ4n) is 3.20. The average molecular weight is 335 g/mol. The molecule has 0 amide bonds. The molecule has 0 aliphatic carbocycles. The number of thiazole rings is 1. The summed E-state index contributed by atoms with van der Waals surface area (Å²) in [6.07, 6.45) is 3.62. The van der Waals surface area contributed by atoms with Gasteiger partial charge in [-0.25, -0.2) is 4.98 Å². The van der Waals surface area contributed by atoms with Crippen LogP contribution in [-0.4, -0.2) is 51.1 Å².